The van der Waals surface area contributed by atoms with Gasteiger partial charge in [-0.25, -0.2) is 8.42 Å². The highest BCUT2D eigenvalue weighted by molar-refractivity contribution is 7.92. The van der Waals surface area contributed by atoms with Crippen LogP contribution in [-0.2, 0) is 22.9 Å². The number of rotatable bonds is 3. The lowest BCUT2D eigenvalue weighted by Crippen LogP contribution is -2.19. The fourth-order valence-electron chi connectivity index (χ4n) is 2.42. The monoisotopic (exact) mass is 290 g/mol. The highest BCUT2D eigenvalue weighted by Crippen LogP contribution is 2.25. The second-order valence-electron chi connectivity index (χ2n) is 4.80. The number of nitrogens with one attached hydrogen (secondary N) is 2. The molecule has 0 fully saturated rings. The third-order valence-corrected chi connectivity index (χ3v) is 4.81. The van der Waals surface area contributed by atoms with Gasteiger partial charge in [0.05, 0.1) is 4.90 Å². The molecule has 1 heterocycles. The minimum atomic E-state index is -3.73. The predicted octanol–water partition coefficient (Wildman–Crippen LogP) is 1.66. The molecular weight excluding hydrogens is 276 g/mol. The molecule has 0 bridgehead atoms. The van der Waals surface area contributed by atoms with E-state index in [0.29, 0.717) is 0 Å². The molecule has 5 nitrogen and oxygen atoms in total. The maximum Gasteiger partial charge on any atom is 0.272 e. The fourth-order valence-corrected chi connectivity index (χ4v) is 3.53. The zero-order valence-electron chi connectivity index (χ0n) is 10.7. The Hall–Kier alpha value is -2.08. The number of hydrogen-bond donors (Lipinski definition) is 2. The van der Waals surface area contributed by atoms with Crippen molar-refractivity contribution in [1.82, 2.24) is 4.98 Å². The van der Waals surface area contributed by atoms with Crippen LogP contribution in [0.15, 0.2) is 46.2 Å². The lowest BCUT2D eigenvalue weighted by molar-refractivity contribution is 0.601. The smallest absolute Gasteiger partial charge is 0.272 e. The zero-order chi connectivity index (χ0) is 14.2. The number of hydrogen-bond acceptors (Lipinski definition) is 3. The minimum absolute atomic E-state index is 0.0213. The Labute approximate surface area is 116 Å². The number of fused-ring (bicyclic) bond motifs is 1. The molecular formula is C14H14N2O3S. The zero-order valence-corrected chi connectivity index (χ0v) is 11.5. The van der Waals surface area contributed by atoms with Gasteiger partial charge in [0.25, 0.3) is 15.6 Å². The van der Waals surface area contributed by atoms with Crippen molar-refractivity contribution in [2.24, 2.45) is 0 Å². The summed E-state index contributed by atoms with van der Waals surface area (Å²) >= 11 is 0. The van der Waals surface area contributed by atoms with Crippen LogP contribution in [-0.4, -0.2) is 13.4 Å². The van der Waals surface area contributed by atoms with E-state index in [0.717, 1.165) is 24.8 Å². The molecule has 2 aromatic rings. The number of pyridine rings is 1. The molecule has 2 N–H and O–H groups in total. The maximum atomic E-state index is 12.3. The molecule has 1 aromatic carbocycles. The third-order valence-electron chi connectivity index (χ3n) is 3.44. The van der Waals surface area contributed by atoms with Crippen molar-refractivity contribution < 1.29 is 8.42 Å². The highest BCUT2D eigenvalue weighted by Gasteiger charge is 2.19. The van der Waals surface area contributed by atoms with Gasteiger partial charge in [-0.3, -0.25) is 9.52 Å². The van der Waals surface area contributed by atoms with Crippen molar-refractivity contribution in [2.75, 3.05) is 4.72 Å². The van der Waals surface area contributed by atoms with Crippen LogP contribution in [0.2, 0.25) is 0 Å². The van der Waals surface area contributed by atoms with E-state index in [9.17, 15) is 13.2 Å². The number of aromatic amines is 1. The summed E-state index contributed by atoms with van der Waals surface area (Å²) in [4.78, 5) is 14.2. The Balaban J connectivity index is 1.97. The summed E-state index contributed by atoms with van der Waals surface area (Å²) in [6.45, 7) is 0. The van der Waals surface area contributed by atoms with Crippen LogP contribution in [0.1, 0.15) is 17.5 Å². The van der Waals surface area contributed by atoms with Crippen molar-refractivity contribution in [2.45, 2.75) is 24.2 Å². The molecule has 3 rings (SSSR count). The molecule has 1 aliphatic carbocycles. The SMILES string of the molecule is O=c1[nH]cccc1NS(=O)(=O)c1ccc2c(c1)CCC2. The summed E-state index contributed by atoms with van der Waals surface area (Å²) in [6.07, 6.45) is 4.42. The van der Waals surface area contributed by atoms with Gasteiger partial charge < -0.3 is 4.98 Å². The summed E-state index contributed by atoms with van der Waals surface area (Å²) in [5.41, 5.74) is 1.85. The number of H-pyrrole nitrogens is 1. The van der Waals surface area contributed by atoms with E-state index in [-0.39, 0.29) is 10.6 Å². The van der Waals surface area contributed by atoms with E-state index in [4.69, 9.17) is 0 Å². The number of sulfonamides is 1. The number of aryl methyl sites for hydroxylation is 2. The van der Waals surface area contributed by atoms with Gasteiger partial charge in [-0.2, -0.15) is 0 Å². The summed E-state index contributed by atoms with van der Waals surface area (Å²) < 4.78 is 26.9. The van der Waals surface area contributed by atoms with Gasteiger partial charge in [-0.1, -0.05) is 6.07 Å². The number of benzene rings is 1. The average Bonchev–Trinajstić information content (AvgIpc) is 2.88. The first-order valence-corrected chi connectivity index (χ1v) is 7.87. The van der Waals surface area contributed by atoms with Crippen molar-refractivity contribution >= 4 is 15.7 Å². The molecule has 0 amide bonds. The average molecular weight is 290 g/mol. The van der Waals surface area contributed by atoms with E-state index in [1.807, 2.05) is 6.07 Å². The van der Waals surface area contributed by atoms with Gasteiger partial charge in [0.2, 0.25) is 0 Å². The van der Waals surface area contributed by atoms with Gasteiger partial charge in [-0.05, 0) is 54.7 Å². The number of anilines is 1. The van der Waals surface area contributed by atoms with E-state index >= 15 is 0 Å². The summed E-state index contributed by atoms with van der Waals surface area (Å²) in [6, 6.07) is 8.14. The molecule has 0 saturated carbocycles. The van der Waals surface area contributed by atoms with Crippen LogP contribution in [0.25, 0.3) is 0 Å². The van der Waals surface area contributed by atoms with Gasteiger partial charge in [0.15, 0.2) is 0 Å². The maximum absolute atomic E-state index is 12.3. The fraction of sp³-hybridized carbons (Fsp3) is 0.214. The molecule has 0 spiro atoms. The van der Waals surface area contributed by atoms with E-state index in [1.54, 1.807) is 18.2 Å². The van der Waals surface area contributed by atoms with Crippen molar-refractivity contribution in [1.29, 1.82) is 0 Å². The van der Waals surface area contributed by atoms with Crippen LogP contribution < -0.4 is 10.3 Å². The van der Waals surface area contributed by atoms with Gasteiger partial charge in [-0.15, -0.1) is 0 Å². The number of aromatic nitrogens is 1. The Morgan fingerprint density at radius 3 is 2.70 bits per heavy atom. The molecule has 104 valence electrons. The predicted molar refractivity (Wildman–Crippen MR) is 76.3 cm³/mol. The first-order valence-electron chi connectivity index (χ1n) is 6.38. The molecule has 0 saturated heterocycles. The summed E-state index contributed by atoms with van der Waals surface area (Å²) in [7, 11) is -3.73. The Kier molecular flexibility index (Phi) is 3.10. The van der Waals surface area contributed by atoms with Crippen LogP contribution in [0.3, 0.4) is 0 Å². The first kappa shape index (κ1) is 12.9. The van der Waals surface area contributed by atoms with E-state index in [1.165, 1.54) is 17.8 Å². The molecule has 0 unspecified atom stereocenters. The molecule has 6 heteroatoms. The Morgan fingerprint density at radius 2 is 1.90 bits per heavy atom. The second kappa shape index (κ2) is 4.79. The standard InChI is InChI=1S/C14H14N2O3S/c17-14-13(5-2-8-15-14)16-20(18,19)12-7-6-10-3-1-4-11(10)9-12/h2,5-9,16H,1,3-4H2,(H,15,17). The molecule has 0 atom stereocenters. The lowest BCUT2D eigenvalue weighted by Gasteiger charge is -2.08. The van der Waals surface area contributed by atoms with Gasteiger partial charge in [0, 0.05) is 6.20 Å². The third kappa shape index (κ3) is 2.34. The molecule has 0 aliphatic heterocycles. The molecule has 1 aliphatic rings. The van der Waals surface area contributed by atoms with Crippen LogP contribution in [0, 0.1) is 0 Å². The van der Waals surface area contributed by atoms with E-state index in [2.05, 4.69) is 9.71 Å². The minimum Gasteiger partial charge on any atom is -0.327 e. The van der Waals surface area contributed by atoms with Crippen LogP contribution >= 0.6 is 0 Å². The van der Waals surface area contributed by atoms with Crippen LogP contribution in [0.4, 0.5) is 5.69 Å². The molecule has 0 radical (unpaired) electrons. The molecule has 20 heavy (non-hydrogen) atoms. The van der Waals surface area contributed by atoms with Gasteiger partial charge in [0.1, 0.15) is 5.69 Å². The second-order valence-corrected chi connectivity index (χ2v) is 6.48. The topological polar surface area (TPSA) is 79.0 Å². The summed E-state index contributed by atoms with van der Waals surface area (Å²) in [5, 5.41) is 0. The van der Waals surface area contributed by atoms with Gasteiger partial charge >= 0.3 is 0 Å². The molecule has 1 aromatic heterocycles. The normalized spacial score (nSPS) is 14.0. The Bertz CT molecular complexity index is 809. The van der Waals surface area contributed by atoms with Crippen molar-refractivity contribution in [3.05, 3.63) is 58.0 Å². The quantitative estimate of drug-likeness (QED) is 0.902. The Morgan fingerprint density at radius 1 is 1.10 bits per heavy atom. The van der Waals surface area contributed by atoms with E-state index < -0.39 is 15.6 Å². The highest BCUT2D eigenvalue weighted by atomic mass is 32.2. The first-order chi connectivity index (χ1) is 9.56. The van der Waals surface area contributed by atoms with Crippen molar-refractivity contribution in [3.8, 4) is 0 Å². The van der Waals surface area contributed by atoms with Crippen molar-refractivity contribution in [3.63, 3.8) is 0 Å². The summed E-state index contributed by atoms with van der Waals surface area (Å²) in [5.74, 6) is 0. The van der Waals surface area contributed by atoms with Crippen LogP contribution in [0.5, 0.6) is 0 Å². The lowest BCUT2D eigenvalue weighted by atomic mass is 10.1. The largest absolute Gasteiger partial charge is 0.327 e.